The highest BCUT2D eigenvalue weighted by molar-refractivity contribution is 5.93. The molecular formula is C12H15N3O2. The first kappa shape index (κ1) is 11.6. The van der Waals surface area contributed by atoms with Gasteiger partial charge in [0.15, 0.2) is 11.5 Å². The molecule has 0 aliphatic rings. The second-order valence-electron chi connectivity index (χ2n) is 4.14. The summed E-state index contributed by atoms with van der Waals surface area (Å²) in [6, 6.07) is 5.21. The molecule has 1 heterocycles. The second kappa shape index (κ2) is 4.55. The lowest BCUT2D eigenvalue weighted by Crippen LogP contribution is -2.23. The largest absolute Gasteiger partial charge is 0.441 e. The molecule has 5 heteroatoms. The monoisotopic (exact) mass is 233 g/mol. The Morgan fingerprint density at radius 1 is 1.59 bits per heavy atom. The van der Waals surface area contributed by atoms with E-state index < -0.39 is 0 Å². The van der Waals surface area contributed by atoms with Crippen LogP contribution in [-0.2, 0) is 4.79 Å². The third-order valence-electron chi connectivity index (χ3n) is 2.29. The number of hydrogen-bond acceptors (Lipinski definition) is 4. The minimum absolute atomic E-state index is 0.0976. The van der Waals surface area contributed by atoms with Crippen LogP contribution in [0, 0.1) is 6.92 Å². The fourth-order valence-corrected chi connectivity index (χ4v) is 1.62. The summed E-state index contributed by atoms with van der Waals surface area (Å²) in [6.07, 6.45) is 0.301. The lowest BCUT2D eigenvalue weighted by Gasteiger charge is -2.06. The van der Waals surface area contributed by atoms with E-state index in [9.17, 15) is 4.79 Å². The predicted molar refractivity (Wildman–Crippen MR) is 65.6 cm³/mol. The van der Waals surface area contributed by atoms with Crippen LogP contribution >= 0.6 is 0 Å². The summed E-state index contributed by atoms with van der Waals surface area (Å²) in [7, 11) is 0. The summed E-state index contributed by atoms with van der Waals surface area (Å²) in [5, 5.41) is 2.77. The van der Waals surface area contributed by atoms with Crippen molar-refractivity contribution in [3.63, 3.8) is 0 Å². The molecule has 5 nitrogen and oxygen atoms in total. The number of carbonyl (C=O) groups is 1. The number of nitrogens with zero attached hydrogens (tertiary/aromatic N) is 1. The van der Waals surface area contributed by atoms with Crippen LogP contribution in [0.25, 0.3) is 11.1 Å². The summed E-state index contributed by atoms with van der Waals surface area (Å²) in [5.74, 6) is 0.513. The fourth-order valence-electron chi connectivity index (χ4n) is 1.62. The van der Waals surface area contributed by atoms with Crippen molar-refractivity contribution in [3.05, 3.63) is 24.1 Å². The van der Waals surface area contributed by atoms with Gasteiger partial charge in [0.25, 0.3) is 0 Å². The number of fused-ring (bicyclic) bond motifs is 1. The molecular weight excluding hydrogens is 218 g/mol. The van der Waals surface area contributed by atoms with Gasteiger partial charge in [-0.25, -0.2) is 4.98 Å². The fraction of sp³-hybridized carbons (Fsp3) is 0.333. The van der Waals surface area contributed by atoms with Crippen molar-refractivity contribution in [1.29, 1.82) is 0 Å². The molecule has 0 saturated heterocycles. The van der Waals surface area contributed by atoms with Crippen molar-refractivity contribution >= 4 is 22.7 Å². The van der Waals surface area contributed by atoms with Gasteiger partial charge in [-0.15, -0.1) is 0 Å². The maximum atomic E-state index is 11.5. The number of carbonyl (C=O) groups excluding carboxylic acids is 1. The first-order valence-electron chi connectivity index (χ1n) is 5.47. The molecule has 1 atom stereocenters. The van der Waals surface area contributed by atoms with Crippen molar-refractivity contribution in [2.75, 3.05) is 5.32 Å². The number of amides is 1. The van der Waals surface area contributed by atoms with Crippen LogP contribution in [0.5, 0.6) is 0 Å². The van der Waals surface area contributed by atoms with Gasteiger partial charge in [0.1, 0.15) is 5.52 Å². The van der Waals surface area contributed by atoms with Gasteiger partial charge in [-0.05, 0) is 25.1 Å². The van der Waals surface area contributed by atoms with E-state index >= 15 is 0 Å². The van der Waals surface area contributed by atoms with E-state index in [0.717, 1.165) is 5.52 Å². The lowest BCUT2D eigenvalue weighted by atomic mass is 10.2. The number of benzene rings is 1. The number of aromatic nitrogens is 1. The standard InChI is InChI=1S/C12H15N3O2/c1-7(13)5-12(16)15-9-3-4-11-10(6-9)14-8(2)17-11/h3-4,6-7H,5,13H2,1-2H3,(H,15,16). The quantitative estimate of drug-likeness (QED) is 0.847. The zero-order chi connectivity index (χ0) is 12.4. The molecule has 1 aromatic heterocycles. The molecule has 0 bridgehead atoms. The molecule has 0 spiro atoms. The SMILES string of the molecule is Cc1nc2cc(NC(=O)CC(C)N)ccc2o1. The Morgan fingerprint density at radius 2 is 2.35 bits per heavy atom. The number of hydrogen-bond donors (Lipinski definition) is 2. The molecule has 1 aromatic carbocycles. The predicted octanol–water partition coefficient (Wildman–Crippen LogP) is 1.81. The topological polar surface area (TPSA) is 81.2 Å². The maximum absolute atomic E-state index is 11.5. The summed E-state index contributed by atoms with van der Waals surface area (Å²) in [4.78, 5) is 15.7. The van der Waals surface area contributed by atoms with Gasteiger partial charge in [-0.3, -0.25) is 4.79 Å². The van der Waals surface area contributed by atoms with Crippen LogP contribution in [0.4, 0.5) is 5.69 Å². The minimum Gasteiger partial charge on any atom is -0.441 e. The van der Waals surface area contributed by atoms with Crippen molar-refractivity contribution in [2.45, 2.75) is 26.3 Å². The van der Waals surface area contributed by atoms with E-state index in [2.05, 4.69) is 10.3 Å². The Hall–Kier alpha value is -1.88. The number of oxazole rings is 1. The van der Waals surface area contributed by atoms with Gasteiger partial charge in [0, 0.05) is 25.1 Å². The number of nitrogens with two attached hydrogens (primary N) is 1. The zero-order valence-electron chi connectivity index (χ0n) is 9.86. The van der Waals surface area contributed by atoms with Crippen LogP contribution in [0.2, 0.25) is 0 Å². The van der Waals surface area contributed by atoms with Crippen molar-refractivity contribution in [2.24, 2.45) is 5.73 Å². The molecule has 3 N–H and O–H groups in total. The molecule has 0 saturated carbocycles. The zero-order valence-corrected chi connectivity index (χ0v) is 9.86. The number of aryl methyl sites for hydroxylation is 1. The van der Waals surface area contributed by atoms with Gasteiger partial charge in [-0.1, -0.05) is 0 Å². The van der Waals surface area contributed by atoms with Crippen LogP contribution in [0.1, 0.15) is 19.2 Å². The molecule has 0 aliphatic carbocycles. The van der Waals surface area contributed by atoms with Gasteiger partial charge in [0.05, 0.1) is 0 Å². The van der Waals surface area contributed by atoms with E-state index in [4.69, 9.17) is 10.2 Å². The van der Waals surface area contributed by atoms with Crippen LogP contribution < -0.4 is 11.1 Å². The highest BCUT2D eigenvalue weighted by atomic mass is 16.3. The Balaban J connectivity index is 2.16. The van der Waals surface area contributed by atoms with E-state index in [1.807, 2.05) is 0 Å². The number of anilines is 1. The highest BCUT2D eigenvalue weighted by Crippen LogP contribution is 2.19. The Labute approximate surface area is 99.0 Å². The molecule has 2 rings (SSSR count). The van der Waals surface area contributed by atoms with E-state index in [1.165, 1.54) is 0 Å². The molecule has 0 aliphatic heterocycles. The number of nitrogens with one attached hydrogen (secondary N) is 1. The first-order chi connectivity index (χ1) is 8.04. The molecule has 17 heavy (non-hydrogen) atoms. The summed E-state index contributed by atoms with van der Waals surface area (Å²) < 4.78 is 5.35. The van der Waals surface area contributed by atoms with Gasteiger partial charge in [0.2, 0.25) is 5.91 Å². The first-order valence-corrected chi connectivity index (χ1v) is 5.47. The Bertz CT molecular complexity index is 546. The molecule has 90 valence electrons. The van der Waals surface area contributed by atoms with Crippen molar-refractivity contribution < 1.29 is 9.21 Å². The summed E-state index contributed by atoms with van der Waals surface area (Å²) in [5.41, 5.74) is 7.71. The summed E-state index contributed by atoms with van der Waals surface area (Å²) >= 11 is 0. The maximum Gasteiger partial charge on any atom is 0.225 e. The molecule has 2 aromatic rings. The molecule has 0 radical (unpaired) electrons. The number of rotatable bonds is 3. The van der Waals surface area contributed by atoms with E-state index in [0.29, 0.717) is 23.6 Å². The van der Waals surface area contributed by atoms with Crippen LogP contribution in [0.15, 0.2) is 22.6 Å². The van der Waals surface area contributed by atoms with E-state index in [1.54, 1.807) is 32.0 Å². The smallest absolute Gasteiger partial charge is 0.225 e. The lowest BCUT2D eigenvalue weighted by molar-refractivity contribution is -0.116. The Morgan fingerprint density at radius 3 is 3.06 bits per heavy atom. The van der Waals surface area contributed by atoms with Gasteiger partial charge < -0.3 is 15.5 Å². The summed E-state index contributed by atoms with van der Waals surface area (Å²) in [6.45, 7) is 3.58. The van der Waals surface area contributed by atoms with Crippen molar-refractivity contribution in [1.82, 2.24) is 4.98 Å². The Kier molecular flexibility index (Phi) is 3.10. The molecule has 1 amide bonds. The highest BCUT2D eigenvalue weighted by Gasteiger charge is 2.07. The molecule has 1 unspecified atom stereocenters. The van der Waals surface area contributed by atoms with Crippen LogP contribution in [-0.4, -0.2) is 16.9 Å². The third-order valence-corrected chi connectivity index (χ3v) is 2.29. The second-order valence-corrected chi connectivity index (χ2v) is 4.14. The van der Waals surface area contributed by atoms with E-state index in [-0.39, 0.29) is 11.9 Å². The molecule has 0 fully saturated rings. The van der Waals surface area contributed by atoms with Gasteiger partial charge >= 0.3 is 0 Å². The average Bonchev–Trinajstić information content (AvgIpc) is 2.55. The third kappa shape index (κ3) is 2.82. The minimum atomic E-state index is -0.145. The van der Waals surface area contributed by atoms with Crippen molar-refractivity contribution in [3.8, 4) is 0 Å². The van der Waals surface area contributed by atoms with Gasteiger partial charge in [-0.2, -0.15) is 0 Å². The van der Waals surface area contributed by atoms with Crippen LogP contribution in [0.3, 0.4) is 0 Å². The average molecular weight is 233 g/mol. The normalized spacial score (nSPS) is 12.6.